The standard InChI is InChI=1S/C12H14N4O5S/c1-6(18)21-12(2-7(4-17)20-5-12)16-9-8(22-11(16)19)3-14-10(13)15-9/h3,7,17H,2,4-5H2,1H3,(H2,13,14,15)/t7-,12?/m0/s1. The lowest BCUT2D eigenvalue weighted by atomic mass is 10.1. The van der Waals surface area contributed by atoms with Crippen LogP contribution in [0.25, 0.3) is 10.3 Å². The number of aliphatic hydroxyl groups is 1. The van der Waals surface area contributed by atoms with Gasteiger partial charge in [0.05, 0.1) is 23.6 Å². The Morgan fingerprint density at radius 1 is 1.73 bits per heavy atom. The second-order valence-corrected chi connectivity index (χ2v) is 5.97. The first-order valence-electron chi connectivity index (χ1n) is 6.52. The molecule has 0 aromatic carbocycles. The van der Waals surface area contributed by atoms with Gasteiger partial charge in [-0.2, -0.15) is 4.98 Å². The largest absolute Gasteiger partial charge is 0.436 e. The summed E-state index contributed by atoms with van der Waals surface area (Å²) >= 11 is 0.926. The van der Waals surface area contributed by atoms with Crippen LogP contribution in [0.3, 0.4) is 0 Å². The number of rotatable bonds is 3. The SMILES string of the molecule is CC(=O)OC1(n2c(=O)sc3cnc(N)nc32)CO[C@H](CO)C1. The van der Waals surface area contributed by atoms with Gasteiger partial charge in [0.15, 0.2) is 5.65 Å². The van der Waals surface area contributed by atoms with Gasteiger partial charge in [0.2, 0.25) is 11.7 Å². The summed E-state index contributed by atoms with van der Waals surface area (Å²) in [5.74, 6) is -0.551. The molecule has 0 saturated carbocycles. The second kappa shape index (κ2) is 5.30. The number of ether oxygens (including phenoxy) is 2. The lowest BCUT2D eigenvalue weighted by Gasteiger charge is -2.28. The maximum atomic E-state index is 12.4. The van der Waals surface area contributed by atoms with Crippen molar-refractivity contribution in [3.05, 3.63) is 15.9 Å². The molecule has 118 valence electrons. The van der Waals surface area contributed by atoms with Gasteiger partial charge in [0, 0.05) is 13.3 Å². The van der Waals surface area contributed by atoms with E-state index < -0.39 is 17.8 Å². The van der Waals surface area contributed by atoms with Crippen molar-refractivity contribution in [2.45, 2.75) is 25.2 Å². The number of aliphatic hydroxyl groups excluding tert-OH is 1. The molecule has 3 N–H and O–H groups in total. The number of carbonyl (C=O) groups excluding carboxylic acids is 1. The molecule has 1 fully saturated rings. The van der Waals surface area contributed by atoms with Gasteiger partial charge in [0.25, 0.3) is 0 Å². The fraction of sp³-hybridized carbons (Fsp3) is 0.500. The van der Waals surface area contributed by atoms with Gasteiger partial charge in [-0.05, 0) is 0 Å². The highest BCUT2D eigenvalue weighted by Gasteiger charge is 2.47. The summed E-state index contributed by atoms with van der Waals surface area (Å²) in [6.07, 6.45) is 1.07. The third-order valence-corrected chi connectivity index (χ3v) is 4.25. The predicted molar refractivity (Wildman–Crippen MR) is 77.3 cm³/mol. The Balaban J connectivity index is 2.20. The molecule has 2 atom stereocenters. The van der Waals surface area contributed by atoms with E-state index in [1.807, 2.05) is 0 Å². The van der Waals surface area contributed by atoms with Gasteiger partial charge in [-0.3, -0.25) is 9.59 Å². The molecule has 0 spiro atoms. The Kier molecular flexibility index (Phi) is 3.59. The monoisotopic (exact) mass is 326 g/mol. The fourth-order valence-corrected chi connectivity index (χ4v) is 3.44. The second-order valence-electron chi connectivity index (χ2n) is 4.98. The van der Waals surface area contributed by atoms with E-state index in [0.29, 0.717) is 4.70 Å². The first-order chi connectivity index (χ1) is 10.4. The predicted octanol–water partition coefficient (Wildman–Crippen LogP) is -0.568. The van der Waals surface area contributed by atoms with Crippen molar-refractivity contribution in [1.29, 1.82) is 0 Å². The minimum atomic E-state index is -1.34. The van der Waals surface area contributed by atoms with Crippen LogP contribution < -0.4 is 10.6 Å². The Labute approximate surface area is 128 Å². The Morgan fingerprint density at radius 2 is 2.50 bits per heavy atom. The van der Waals surface area contributed by atoms with Crippen molar-refractivity contribution in [3.63, 3.8) is 0 Å². The van der Waals surface area contributed by atoms with Crippen molar-refractivity contribution in [2.75, 3.05) is 18.9 Å². The molecule has 0 bridgehead atoms. The van der Waals surface area contributed by atoms with Gasteiger partial charge in [0.1, 0.15) is 6.61 Å². The number of anilines is 1. The van der Waals surface area contributed by atoms with Gasteiger partial charge < -0.3 is 20.3 Å². The Hall–Kier alpha value is -2.04. The molecular weight excluding hydrogens is 312 g/mol. The number of aromatic nitrogens is 3. The van der Waals surface area contributed by atoms with E-state index in [1.165, 1.54) is 17.7 Å². The van der Waals surface area contributed by atoms with Crippen molar-refractivity contribution in [2.24, 2.45) is 0 Å². The zero-order valence-electron chi connectivity index (χ0n) is 11.7. The Bertz CT molecular complexity index is 787. The number of fused-ring (bicyclic) bond motifs is 1. The number of nitrogens with two attached hydrogens (primary N) is 1. The van der Waals surface area contributed by atoms with Crippen molar-refractivity contribution < 1.29 is 19.4 Å². The molecule has 1 aliphatic heterocycles. The zero-order valence-corrected chi connectivity index (χ0v) is 12.5. The molecule has 3 heterocycles. The van der Waals surface area contributed by atoms with Crippen LogP contribution in [-0.4, -0.2) is 44.9 Å². The molecular formula is C12H14N4O5S. The highest BCUT2D eigenvalue weighted by Crippen LogP contribution is 2.35. The summed E-state index contributed by atoms with van der Waals surface area (Å²) < 4.78 is 12.6. The summed E-state index contributed by atoms with van der Waals surface area (Å²) in [4.78, 5) is 31.4. The lowest BCUT2D eigenvalue weighted by Crippen LogP contribution is -2.44. The van der Waals surface area contributed by atoms with E-state index in [-0.39, 0.29) is 36.1 Å². The molecule has 2 aromatic rings. The van der Waals surface area contributed by atoms with E-state index in [9.17, 15) is 14.7 Å². The quantitative estimate of drug-likeness (QED) is 0.717. The maximum absolute atomic E-state index is 12.4. The number of hydrogen-bond donors (Lipinski definition) is 2. The van der Waals surface area contributed by atoms with Crippen LogP contribution in [-0.2, 0) is 20.0 Å². The summed E-state index contributed by atoms with van der Waals surface area (Å²) in [6, 6.07) is 0. The van der Waals surface area contributed by atoms with Crippen LogP contribution in [0.1, 0.15) is 13.3 Å². The molecule has 9 nitrogen and oxygen atoms in total. The van der Waals surface area contributed by atoms with Gasteiger partial charge in [-0.25, -0.2) is 9.55 Å². The normalized spacial score (nSPS) is 24.7. The van der Waals surface area contributed by atoms with Gasteiger partial charge >= 0.3 is 10.8 Å². The lowest BCUT2D eigenvalue weighted by molar-refractivity contribution is -0.169. The van der Waals surface area contributed by atoms with E-state index >= 15 is 0 Å². The van der Waals surface area contributed by atoms with Crippen LogP contribution in [0.5, 0.6) is 0 Å². The molecule has 2 aromatic heterocycles. The molecule has 0 radical (unpaired) electrons. The number of thiazole rings is 1. The van der Waals surface area contributed by atoms with Crippen molar-refractivity contribution >= 4 is 33.6 Å². The van der Waals surface area contributed by atoms with Crippen LogP contribution in [0, 0.1) is 0 Å². The molecule has 1 saturated heterocycles. The van der Waals surface area contributed by atoms with Crippen LogP contribution >= 0.6 is 11.3 Å². The van der Waals surface area contributed by atoms with Gasteiger partial charge in [-0.15, -0.1) is 0 Å². The highest BCUT2D eigenvalue weighted by atomic mass is 32.1. The zero-order chi connectivity index (χ0) is 15.9. The molecule has 3 rings (SSSR count). The molecule has 1 aliphatic rings. The summed E-state index contributed by atoms with van der Waals surface area (Å²) in [6.45, 7) is 0.960. The summed E-state index contributed by atoms with van der Waals surface area (Å²) in [5.41, 5.74) is 4.53. The number of hydrogen-bond acceptors (Lipinski definition) is 9. The third kappa shape index (κ3) is 2.34. The summed E-state index contributed by atoms with van der Waals surface area (Å²) in [7, 11) is 0. The molecule has 10 heteroatoms. The van der Waals surface area contributed by atoms with E-state index in [0.717, 1.165) is 11.3 Å². The minimum absolute atomic E-state index is 0.00893. The number of esters is 1. The Morgan fingerprint density at radius 3 is 3.14 bits per heavy atom. The first-order valence-corrected chi connectivity index (χ1v) is 7.33. The fourth-order valence-electron chi connectivity index (χ4n) is 2.57. The van der Waals surface area contributed by atoms with Crippen LogP contribution in [0.15, 0.2) is 11.0 Å². The first kappa shape index (κ1) is 14.9. The smallest absolute Gasteiger partial charge is 0.312 e. The average Bonchev–Trinajstić information content (AvgIpc) is 2.98. The molecule has 0 amide bonds. The molecule has 1 unspecified atom stereocenters. The van der Waals surface area contributed by atoms with E-state index in [4.69, 9.17) is 15.2 Å². The van der Waals surface area contributed by atoms with Crippen LogP contribution in [0.4, 0.5) is 5.95 Å². The van der Waals surface area contributed by atoms with Crippen LogP contribution in [0.2, 0.25) is 0 Å². The third-order valence-electron chi connectivity index (χ3n) is 3.38. The topological polar surface area (TPSA) is 130 Å². The molecule has 22 heavy (non-hydrogen) atoms. The van der Waals surface area contributed by atoms with Gasteiger partial charge in [-0.1, -0.05) is 11.3 Å². The maximum Gasteiger partial charge on any atom is 0.312 e. The molecule has 0 aliphatic carbocycles. The van der Waals surface area contributed by atoms with Crippen molar-refractivity contribution in [3.8, 4) is 0 Å². The van der Waals surface area contributed by atoms with Crippen molar-refractivity contribution in [1.82, 2.24) is 14.5 Å². The number of nitrogen functional groups attached to an aromatic ring is 1. The van der Waals surface area contributed by atoms with E-state index in [1.54, 1.807) is 0 Å². The number of nitrogens with zero attached hydrogens (tertiary/aromatic N) is 3. The highest BCUT2D eigenvalue weighted by molar-refractivity contribution is 7.16. The number of carbonyl (C=O) groups is 1. The van der Waals surface area contributed by atoms with E-state index in [2.05, 4.69) is 9.97 Å². The minimum Gasteiger partial charge on any atom is -0.436 e. The summed E-state index contributed by atoms with van der Waals surface area (Å²) in [5, 5.41) is 9.26. The average molecular weight is 326 g/mol.